The lowest BCUT2D eigenvalue weighted by atomic mass is 9.99. The molecule has 96 valence electrons. The van der Waals surface area contributed by atoms with Crippen LogP contribution in [0.3, 0.4) is 0 Å². The van der Waals surface area contributed by atoms with Crippen molar-refractivity contribution in [3.8, 4) is 6.07 Å². The normalized spacial score (nSPS) is 15.8. The molecular weight excluding hydrogens is 250 g/mol. The number of para-hydroxylation sites is 1. The minimum absolute atomic E-state index is 0.173. The average Bonchev–Trinajstić information content (AvgIpc) is 2.75. The first-order valence-corrected chi connectivity index (χ1v) is 6.17. The number of nitrogens with zero attached hydrogens (tertiary/aromatic N) is 3. The number of fused-ring (bicyclic) bond motifs is 1. The summed E-state index contributed by atoms with van der Waals surface area (Å²) in [5.74, 6) is -0.173. The monoisotopic (exact) mass is 261 g/mol. The van der Waals surface area contributed by atoms with Gasteiger partial charge in [-0.15, -0.1) is 0 Å². The maximum atomic E-state index is 12.4. The molecule has 0 spiro atoms. The lowest BCUT2D eigenvalue weighted by molar-refractivity contribution is -0.112. The topological polar surface area (TPSA) is 57.0 Å². The van der Waals surface area contributed by atoms with E-state index in [9.17, 15) is 10.1 Å². The number of carbonyl (C=O) groups excluding carboxylic acids is 1. The van der Waals surface area contributed by atoms with Gasteiger partial charge < -0.3 is 4.90 Å². The Labute approximate surface area is 116 Å². The number of hydrogen-bond acceptors (Lipinski definition) is 3. The van der Waals surface area contributed by atoms with Crippen molar-refractivity contribution in [2.24, 2.45) is 0 Å². The van der Waals surface area contributed by atoms with Crippen molar-refractivity contribution in [3.63, 3.8) is 0 Å². The van der Waals surface area contributed by atoms with Gasteiger partial charge in [-0.05, 0) is 18.2 Å². The Morgan fingerprint density at radius 1 is 1.20 bits per heavy atom. The summed E-state index contributed by atoms with van der Waals surface area (Å²) >= 11 is 0. The summed E-state index contributed by atoms with van der Waals surface area (Å²) in [6.45, 7) is 0. The van der Waals surface area contributed by atoms with Gasteiger partial charge in [0.2, 0.25) is 0 Å². The van der Waals surface area contributed by atoms with Crippen LogP contribution in [-0.2, 0) is 4.79 Å². The number of carbonyl (C=O) groups is 1. The number of rotatable bonds is 1. The Balaban J connectivity index is 2.30. The smallest absolute Gasteiger partial charge is 0.260 e. The fraction of sp³-hybridized carbons (Fsp3) is 0.0625. The van der Waals surface area contributed by atoms with Crippen LogP contribution < -0.4 is 4.90 Å². The molecule has 0 unspecified atom stereocenters. The SMILES string of the molecule is CN1C(=O)/C(=C(/C#N)c2ccccn2)c2ccccc21. The Kier molecular flexibility index (Phi) is 2.81. The Morgan fingerprint density at radius 2 is 1.95 bits per heavy atom. The maximum Gasteiger partial charge on any atom is 0.260 e. The quantitative estimate of drug-likeness (QED) is 0.585. The fourth-order valence-electron chi connectivity index (χ4n) is 2.36. The van der Waals surface area contributed by atoms with E-state index in [0.29, 0.717) is 16.8 Å². The highest BCUT2D eigenvalue weighted by atomic mass is 16.2. The lowest BCUT2D eigenvalue weighted by Gasteiger charge is -2.08. The molecular formula is C16H11N3O. The Bertz CT molecular complexity index is 757. The second-order valence-electron chi connectivity index (χ2n) is 4.46. The van der Waals surface area contributed by atoms with Gasteiger partial charge in [-0.1, -0.05) is 24.3 Å². The molecule has 0 aliphatic carbocycles. The van der Waals surface area contributed by atoms with Gasteiger partial charge in [0, 0.05) is 18.8 Å². The van der Waals surface area contributed by atoms with E-state index in [1.54, 1.807) is 36.3 Å². The van der Waals surface area contributed by atoms with Crippen molar-refractivity contribution in [2.75, 3.05) is 11.9 Å². The van der Waals surface area contributed by atoms with E-state index in [1.807, 2.05) is 24.3 Å². The third-order valence-corrected chi connectivity index (χ3v) is 3.34. The number of anilines is 1. The van der Waals surface area contributed by atoms with Crippen molar-refractivity contribution in [1.82, 2.24) is 4.98 Å². The van der Waals surface area contributed by atoms with Crippen LogP contribution in [0.2, 0.25) is 0 Å². The van der Waals surface area contributed by atoms with E-state index in [0.717, 1.165) is 11.3 Å². The summed E-state index contributed by atoms with van der Waals surface area (Å²) in [7, 11) is 1.71. The van der Waals surface area contributed by atoms with Gasteiger partial charge in [0.05, 0.1) is 22.5 Å². The summed E-state index contributed by atoms with van der Waals surface area (Å²) in [6.07, 6.45) is 1.61. The first-order chi connectivity index (χ1) is 9.74. The number of hydrogen-bond donors (Lipinski definition) is 0. The van der Waals surface area contributed by atoms with Gasteiger partial charge in [-0.3, -0.25) is 9.78 Å². The molecule has 1 aliphatic heterocycles. The molecule has 0 N–H and O–H groups in total. The van der Waals surface area contributed by atoms with Crippen LogP contribution in [0.15, 0.2) is 48.7 Å². The van der Waals surface area contributed by atoms with Gasteiger partial charge in [0.25, 0.3) is 5.91 Å². The van der Waals surface area contributed by atoms with Crippen LogP contribution >= 0.6 is 0 Å². The fourth-order valence-corrected chi connectivity index (χ4v) is 2.36. The summed E-state index contributed by atoms with van der Waals surface area (Å²) in [5.41, 5.74) is 2.85. The minimum atomic E-state index is -0.173. The predicted molar refractivity (Wildman–Crippen MR) is 76.5 cm³/mol. The number of allylic oxidation sites excluding steroid dienone is 1. The molecule has 4 heteroatoms. The summed E-state index contributed by atoms with van der Waals surface area (Å²) in [5, 5.41) is 9.45. The summed E-state index contributed by atoms with van der Waals surface area (Å²) in [4.78, 5) is 18.2. The molecule has 2 heterocycles. The first kappa shape index (κ1) is 12.1. The molecule has 0 saturated heterocycles. The van der Waals surface area contributed by atoms with E-state index in [1.165, 1.54) is 0 Å². The lowest BCUT2D eigenvalue weighted by Crippen LogP contribution is -2.20. The predicted octanol–water partition coefficient (Wildman–Crippen LogP) is 2.49. The van der Waals surface area contributed by atoms with E-state index >= 15 is 0 Å². The molecule has 1 aromatic heterocycles. The third kappa shape index (κ3) is 1.69. The van der Waals surface area contributed by atoms with Crippen molar-refractivity contribution >= 4 is 22.7 Å². The number of pyridine rings is 1. The number of benzene rings is 1. The maximum absolute atomic E-state index is 12.4. The standard InChI is InChI=1S/C16H11N3O/c1-19-14-8-3-2-6-11(14)15(16(19)20)12(10-17)13-7-4-5-9-18-13/h2-9H,1H3/b15-12-. The molecule has 2 aromatic rings. The zero-order valence-electron chi connectivity index (χ0n) is 10.9. The van der Waals surface area contributed by atoms with Crippen molar-refractivity contribution in [3.05, 3.63) is 59.9 Å². The second kappa shape index (κ2) is 4.63. The molecule has 0 fully saturated rings. The number of nitriles is 1. The molecule has 0 saturated carbocycles. The van der Waals surface area contributed by atoms with E-state index in [2.05, 4.69) is 11.1 Å². The van der Waals surface area contributed by atoms with Gasteiger partial charge in [-0.2, -0.15) is 5.26 Å². The number of amides is 1. The first-order valence-electron chi connectivity index (χ1n) is 6.17. The zero-order valence-corrected chi connectivity index (χ0v) is 10.9. The van der Waals surface area contributed by atoms with Crippen LogP contribution in [0.25, 0.3) is 11.1 Å². The molecule has 0 bridgehead atoms. The van der Waals surface area contributed by atoms with Crippen molar-refractivity contribution in [2.45, 2.75) is 0 Å². The van der Waals surface area contributed by atoms with Gasteiger partial charge in [0.15, 0.2) is 0 Å². The van der Waals surface area contributed by atoms with Gasteiger partial charge in [0.1, 0.15) is 6.07 Å². The van der Waals surface area contributed by atoms with E-state index < -0.39 is 0 Å². The Hall–Kier alpha value is -2.93. The van der Waals surface area contributed by atoms with E-state index in [4.69, 9.17) is 0 Å². The number of likely N-dealkylation sites (N-methyl/N-ethyl adjacent to an activating group) is 1. The molecule has 20 heavy (non-hydrogen) atoms. The van der Waals surface area contributed by atoms with Crippen LogP contribution in [0.1, 0.15) is 11.3 Å². The zero-order chi connectivity index (χ0) is 14.1. The Morgan fingerprint density at radius 3 is 2.65 bits per heavy atom. The summed E-state index contributed by atoms with van der Waals surface area (Å²) in [6, 6.07) is 14.9. The molecule has 1 amide bonds. The van der Waals surface area contributed by atoms with Gasteiger partial charge >= 0.3 is 0 Å². The minimum Gasteiger partial charge on any atom is -0.311 e. The van der Waals surface area contributed by atoms with Crippen LogP contribution in [0.4, 0.5) is 5.69 Å². The molecule has 0 radical (unpaired) electrons. The molecule has 4 nitrogen and oxygen atoms in total. The molecule has 0 atom stereocenters. The van der Waals surface area contributed by atoms with E-state index in [-0.39, 0.29) is 5.91 Å². The third-order valence-electron chi connectivity index (χ3n) is 3.34. The molecule has 1 aromatic carbocycles. The summed E-state index contributed by atoms with van der Waals surface area (Å²) < 4.78 is 0. The highest BCUT2D eigenvalue weighted by Gasteiger charge is 2.32. The van der Waals surface area contributed by atoms with Crippen molar-refractivity contribution in [1.29, 1.82) is 5.26 Å². The highest BCUT2D eigenvalue weighted by Crippen LogP contribution is 2.39. The average molecular weight is 261 g/mol. The second-order valence-corrected chi connectivity index (χ2v) is 4.46. The molecule has 1 aliphatic rings. The van der Waals surface area contributed by atoms with Crippen LogP contribution in [-0.4, -0.2) is 17.9 Å². The molecule has 3 rings (SSSR count). The van der Waals surface area contributed by atoms with Crippen molar-refractivity contribution < 1.29 is 4.79 Å². The van der Waals surface area contributed by atoms with Crippen LogP contribution in [0.5, 0.6) is 0 Å². The highest BCUT2D eigenvalue weighted by molar-refractivity contribution is 6.38. The van der Waals surface area contributed by atoms with Gasteiger partial charge in [-0.25, -0.2) is 0 Å². The largest absolute Gasteiger partial charge is 0.311 e. The number of aromatic nitrogens is 1. The van der Waals surface area contributed by atoms with Crippen LogP contribution in [0, 0.1) is 11.3 Å².